The Balaban J connectivity index is 2.23. The van der Waals surface area contributed by atoms with Crippen molar-refractivity contribution in [2.24, 2.45) is 0 Å². The summed E-state index contributed by atoms with van der Waals surface area (Å²) in [6, 6.07) is 7.47. The number of ether oxygens (including phenoxy) is 2. The lowest BCUT2D eigenvalue weighted by molar-refractivity contribution is -0.107. The number of aldehydes is 1. The second-order valence-corrected chi connectivity index (χ2v) is 5.36. The first-order chi connectivity index (χ1) is 11.1. The zero-order valence-corrected chi connectivity index (χ0v) is 14.1. The second-order valence-electron chi connectivity index (χ2n) is 5.01. The highest BCUT2D eigenvalue weighted by atomic mass is 35.5. The fraction of sp³-hybridized carbons (Fsp3) is 0.294. The minimum atomic E-state index is 0.285. The van der Waals surface area contributed by atoms with Crippen LogP contribution in [0.25, 0.3) is 0 Å². The highest BCUT2D eigenvalue weighted by Gasteiger charge is 2.10. The quantitative estimate of drug-likeness (QED) is 0.621. The van der Waals surface area contributed by atoms with Crippen molar-refractivity contribution in [3.8, 4) is 11.5 Å². The number of carbonyl (C=O) groups excluding carboxylic acids is 1. The van der Waals surface area contributed by atoms with Crippen LogP contribution in [0.5, 0.6) is 11.5 Å². The van der Waals surface area contributed by atoms with Crippen LogP contribution < -0.4 is 14.8 Å². The SMILES string of the molecule is COc1ccc(CNc2nc(Cl)c(C)cc2CC=O)c(OC)c1. The van der Waals surface area contributed by atoms with Gasteiger partial charge in [-0.25, -0.2) is 4.98 Å². The Labute approximate surface area is 140 Å². The van der Waals surface area contributed by atoms with Crippen molar-refractivity contribution in [2.45, 2.75) is 19.9 Å². The number of rotatable bonds is 7. The average Bonchev–Trinajstić information content (AvgIpc) is 2.56. The van der Waals surface area contributed by atoms with E-state index in [9.17, 15) is 4.79 Å². The molecular formula is C17H19ClN2O3. The maximum absolute atomic E-state index is 10.8. The van der Waals surface area contributed by atoms with E-state index in [4.69, 9.17) is 21.1 Å². The van der Waals surface area contributed by atoms with Gasteiger partial charge in [0.05, 0.1) is 14.2 Å². The maximum atomic E-state index is 10.8. The smallest absolute Gasteiger partial charge is 0.134 e. The molecule has 0 saturated heterocycles. The lowest BCUT2D eigenvalue weighted by Crippen LogP contribution is -2.07. The van der Waals surface area contributed by atoms with Gasteiger partial charge < -0.3 is 19.6 Å². The third kappa shape index (κ3) is 4.13. The Morgan fingerprint density at radius 2 is 2.00 bits per heavy atom. The summed E-state index contributed by atoms with van der Waals surface area (Å²) in [5.41, 5.74) is 2.61. The molecule has 122 valence electrons. The van der Waals surface area contributed by atoms with Gasteiger partial charge in [-0.3, -0.25) is 0 Å². The van der Waals surface area contributed by atoms with Crippen molar-refractivity contribution in [3.05, 3.63) is 46.1 Å². The molecule has 23 heavy (non-hydrogen) atoms. The van der Waals surface area contributed by atoms with Crippen molar-refractivity contribution in [1.29, 1.82) is 0 Å². The highest BCUT2D eigenvalue weighted by Crippen LogP contribution is 2.26. The van der Waals surface area contributed by atoms with Gasteiger partial charge in [-0.2, -0.15) is 0 Å². The van der Waals surface area contributed by atoms with E-state index in [0.29, 0.717) is 23.3 Å². The van der Waals surface area contributed by atoms with E-state index in [-0.39, 0.29) is 6.42 Å². The second kappa shape index (κ2) is 7.83. The van der Waals surface area contributed by atoms with Crippen LogP contribution in [0.15, 0.2) is 24.3 Å². The molecular weight excluding hydrogens is 316 g/mol. The number of anilines is 1. The number of hydrogen-bond donors (Lipinski definition) is 1. The largest absolute Gasteiger partial charge is 0.497 e. The van der Waals surface area contributed by atoms with Gasteiger partial charge in [0.1, 0.15) is 28.8 Å². The molecule has 0 fully saturated rings. The summed E-state index contributed by atoms with van der Waals surface area (Å²) in [6.45, 7) is 2.35. The summed E-state index contributed by atoms with van der Waals surface area (Å²) in [5.74, 6) is 2.04. The van der Waals surface area contributed by atoms with Gasteiger partial charge in [-0.1, -0.05) is 11.6 Å². The van der Waals surface area contributed by atoms with E-state index >= 15 is 0 Å². The van der Waals surface area contributed by atoms with Crippen molar-refractivity contribution >= 4 is 23.7 Å². The number of benzene rings is 1. The molecule has 0 aliphatic carbocycles. The summed E-state index contributed by atoms with van der Waals surface area (Å²) in [5, 5.41) is 3.64. The topological polar surface area (TPSA) is 60.5 Å². The molecule has 1 aromatic carbocycles. The fourth-order valence-corrected chi connectivity index (χ4v) is 2.36. The van der Waals surface area contributed by atoms with E-state index in [1.807, 2.05) is 31.2 Å². The fourth-order valence-electron chi connectivity index (χ4n) is 2.22. The zero-order valence-electron chi connectivity index (χ0n) is 13.4. The van der Waals surface area contributed by atoms with Crippen molar-refractivity contribution in [3.63, 3.8) is 0 Å². The van der Waals surface area contributed by atoms with E-state index in [2.05, 4.69) is 10.3 Å². The van der Waals surface area contributed by atoms with Crippen LogP contribution in [0.2, 0.25) is 5.15 Å². The number of hydrogen-bond acceptors (Lipinski definition) is 5. The molecule has 5 nitrogen and oxygen atoms in total. The molecule has 2 rings (SSSR count). The molecule has 1 heterocycles. The standard InChI is InChI=1S/C17H19ClN2O3/c1-11-8-12(6-7-21)17(20-16(11)18)19-10-13-4-5-14(22-2)9-15(13)23-3/h4-5,7-9H,6,10H2,1-3H3,(H,19,20). The first-order valence-corrected chi connectivity index (χ1v) is 7.51. The molecule has 0 bridgehead atoms. The molecule has 0 unspecified atom stereocenters. The summed E-state index contributed by atoms with van der Waals surface area (Å²) in [7, 11) is 3.22. The van der Waals surface area contributed by atoms with Crippen molar-refractivity contribution < 1.29 is 14.3 Å². The molecule has 2 aromatic rings. The van der Waals surface area contributed by atoms with E-state index in [1.54, 1.807) is 14.2 Å². The predicted molar refractivity (Wildman–Crippen MR) is 90.6 cm³/mol. The number of nitrogens with one attached hydrogen (secondary N) is 1. The van der Waals surface area contributed by atoms with Gasteiger partial charge in [-0.15, -0.1) is 0 Å². The Hall–Kier alpha value is -2.27. The molecule has 1 N–H and O–H groups in total. The minimum Gasteiger partial charge on any atom is -0.497 e. The number of pyridine rings is 1. The van der Waals surface area contributed by atoms with Crippen LogP contribution in [-0.2, 0) is 17.8 Å². The average molecular weight is 335 g/mol. The van der Waals surface area contributed by atoms with Crippen LogP contribution in [0.4, 0.5) is 5.82 Å². The first kappa shape index (κ1) is 17.1. The van der Waals surface area contributed by atoms with Crippen LogP contribution in [0.3, 0.4) is 0 Å². The van der Waals surface area contributed by atoms with Gasteiger partial charge in [0, 0.05) is 30.2 Å². The normalized spacial score (nSPS) is 10.3. The van der Waals surface area contributed by atoms with Gasteiger partial charge in [0.2, 0.25) is 0 Å². The predicted octanol–water partition coefficient (Wildman–Crippen LogP) is 3.41. The third-order valence-electron chi connectivity index (χ3n) is 3.47. The Morgan fingerprint density at radius 3 is 2.65 bits per heavy atom. The molecule has 6 heteroatoms. The molecule has 0 radical (unpaired) electrons. The number of methoxy groups -OCH3 is 2. The van der Waals surface area contributed by atoms with E-state index < -0.39 is 0 Å². The minimum absolute atomic E-state index is 0.285. The molecule has 0 spiro atoms. The lowest BCUT2D eigenvalue weighted by Gasteiger charge is -2.14. The third-order valence-corrected chi connectivity index (χ3v) is 3.86. The summed E-state index contributed by atoms with van der Waals surface area (Å²) < 4.78 is 10.6. The zero-order chi connectivity index (χ0) is 16.8. The Kier molecular flexibility index (Phi) is 5.82. The van der Waals surface area contributed by atoms with Crippen molar-refractivity contribution in [2.75, 3.05) is 19.5 Å². The van der Waals surface area contributed by atoms with Crippen molar-refractivity contribution in [1.82, 2.24) is 4.98 Å². The molecule has 0 aliphatic rings. The lowest BCUT2D eigenvalue weighted by atomic mass is 10.1. The molecule has 0 aliphatic heterocycles. The molecule has 0 saturated carbocycles. The summed E-state index contributed by atoms with van der Waals surface area (Å²) >= 11 is 6.09. The first-order valence-electron chi connectivity index (χ1n) is 7.13. The van der Waals surface area contributed by atoms with Gasteiger partial charge >= 0.3 is 0 Å². The van der Waals surface area contributed by atoms with Crippen LogP contribution in [0.1, 0.15) is 16.7 Å². The number of aryl methyl sites for hydroxylation is 1. The molecule has 0 amide bonds. The maximum Gasteiger partial charge on any atom is 0.134 e. The highest BCUT2D eigenvalue weighted by molar-refractivity contribution is 6.30. The van der Waals surface area contributed by atoms with Gasteiger partial charge in [0.15, 0.2) is 0 Å². The summed E-state index contributed by atoms with van der Waals surface area (Å²) in [4.78, 5) is 15.2. The molecule has 0 atom stereocenters. The number of aromatic nitrogens is 1. The monoisotopic (exact) mass is 334 g/mol. The van der Waals surface area contributed by atoms with Crippen LogP contribution in [-0.4, -0.2) is 25.5 Å². The van der Waals surface area contributed by atoms with Crippen LogP contribution in [0, 0.1) is 6.92 Å². The van der Waals surface area contributed by atoms with E-state index in [1.165, 1.54) is 0 Å². The number of nitrogens with zero attached hydrogens (tertiary/aromatic N) is 1. The van der Waals surface area contributed by atoms with Gasteiger partial charge in [-0.05, 0) is 30.7 Å². The Morgan fingerprint density at radius 1 is 1.22 bits per heavy atom. The molecule has 1 aromatic heterocycles. The number of carbonyl (C=O) groups is 1. The number of halogens is 1. The van der Waals surface area contributed by atoms with Gasteiger partial charge in [0.25, 0.3) is 0 Å². The summed E-state index contributed by atoms with van der Waals surface area (Å²) in [6.07, 6.45) is 1.14. The van der Waals surface area contributed by atoms with E-state index in [0.717, 1.165) is 28.7 Å². The van der Waals surface area contributed by atoms with Crippen LogP contribution >= 0.6 is 11.6 Å². The Bertz CT molecular complexity index is 704.